The first kappa shape index (κ1) is 18.7. The van der Waals surface area contributed by atoms with Crippen LogP contribution in [0.15, 0.2) is 58.1 Å². The van der Waals surface area contributed by atoms with Crippen LogP contribution in [0, 0.1) is 6.92 Å². The molecule has 2 aromatic carbocycles. The molecule has 136 valence electrons. The smallest absolute Gasteiger partial charge is 0.263 e. The standard InChI is InChI=1S/C20H13BrCl2N2OS/c1-11-17(13-3-5-14(21)6-4-13)18-19(27-11)24-10-25(20(18)26)9-12-2-7-15(22)16(23)8-12/h2-8,10H,9H2,1H3. The molecular formula is C20H13BrCl2N2OS. The summed E-state index contributed by atoms with van der Waals surface area (Å²) in [6, 6.07) is 13.3. The molecule has 0 spiro atoms. The zero-order valence-corrected chi connectivity index (χ0v) is 18.1. The van der Waals surface area contributed by atoms with E-state index in [1.807, 2.05) is 37.3 Å². The molecule has 27 heavy (non-hydrogen) atoms. The van der Waals surface area contributed by atoms with Crippen LogP contribution < -0.4 is 5.56 Å². The third-order valence-electron chi connectivity index (χ3n) is 4.32. The van der Waals surface area contributed by atoms with Crippen LogP contribution >= 0.6 is 50.5 Å². The molecule has 7 heteroatoms. The van der Waals surface area contributed by atoms with Gasteiger partial charge in [-0.15, -0.1) is 11.3 Å². The Morgan fingerprint density at radius 3 is 2.56 bits per heavy atom. The van der Waals surface area contributed by atoms with Gasteiger partial charge in [-0.25, -0.2) is 4.98 Å². The van der Waals surface area contributed by atoms with E-state index >= 15 is 0 Å². The van der Waals surface area contributed by atoms with E-state index in [4.69, 9.17) is 23.2 Å². The average Bonchev–Trinajstić information content (AvgIpc) is 2.98. The van der Waals surface area contributed by atoms with Crippen molar-refractivity contribution >= 4 is 60.7 Å². The van der Waals surface area contributed by atoms with Crippen LogP contribution in [0.3, 0.4) is 0 Å². The first-order valence-corrected chi connectivity index (χ1v) is 10.5. The van der Waals surface area contributed by atoms with Gasteiger partial charge in [-0.2, -0.15) is 0 Å². The zero-order chi connectivity index (χ0) is 19.1. The second-order valence-electron chi connectivity index (χ2n) is 6.15. The van der Waals surface area contributed by atoms with Gasteiger partial charge in [0.2, 0.25) is 0 Å². The molecule has 2 heterocycles. The van der Waals surface area contributed by atoms with E-state index in [-0.39, 0.29) is 5.56 Å². The Bertz CT molecular complexity index is 1220. The lowest BCUT2D eigenvalue weighted by Crippen LogP contribution is -2.21. The highest BCUT2D eigenvalue weighted by Crippen LogP contribution is 2.36. The number of aryl methyl sites for hydroxylation is 1. The molecule has 4 aromatic rings. The first-order chi connectivity index (χ1) is 12.9. The van der Waals surface area contributed by atoms with Gasteiger partial charge in [0, 0.05) is 14.9 Å². The zero-order valence-electron chi connectivity index (χ0n) is 14.2. The maximum Gasteiger partial charge on any atom is 0.263 e. The fourth-order valence-electron chi connectivity index (χ4n) is 3.05. The lowest BCUT2D eigenvalue weighted by atomic mass is 10.0. The monoisotopic (exact) mass is 478 g/mol. The second-order valence-corrected chi connectivity index (χ2v) is 9.08. The highest BCUT2D eigenvalue weighted by atomic mass is 79.9. The van der Waals surface area contributed by atoms with Gasteiger partial charge in [-0.3, -0.25) is 9.36 Å². The summed E-state index contributed by atoms with van der Waals surface area (Å²) in [6.45, 7) is 2.40. The molecule has 0 saturated heterocycles. The van der Waals surface area contributed by atoms with E-state index < -0.39 is 0 Å². The first-order valence-electron chi connectivity index (χ1n) is 8.12. The van der Waals surface area contributed by atoms with Gasteiger partial charge in [-0.05, 0) is 42.3 Å². The third-order valence-corrected chi connectivity index (χ3v) is 6.61. The van der Waals surface area contributed by atoms with Crippen molar-refractivity contribution in [3.63, 3.8) is 0 Å². The van der Waals surface area contributed by atoms with Crippen LogP contribution in [-0.4, -0.2) is 9.55 Å². The summed E-state index contributed by atoms with van der Waals surface area (Å²) in [7, 11) is 0. The minimum Gasteiger partial charge on any atom is -0.294 e. The fourth-order valence-corrected chi connectivity index (χ4v) is 4.64. The number of thiophene rings is 1. The Labute approximate surface area is 178 Å². The van der Waals surface area contributed by atoms with Crippen molar-refractivity contribution in [2.24, 2.45) is 0 Å². The van der Waals surface area contributed by atoms with Gasteiger partial charge in [0.25, 0.3) is 5.56 Å². The molecule has 0 aliphatic rings. The van der Waals surface area contributed by atoms with E-state index in [1.165, 1.54) is 11.3 Å². The molecule has 0 aliphatic heterocycles. The van der Waals surface area contributed by atoms with Crippen LogP contribution in [0.4, 0.5) is 0 Å². The predicted molar refractivity (Wildman–Crippen MR) is 117 cm³/mol. The normalized spacial score (nSPS) is 11.3. The quantitative estimate of drug-likeness (QED) is 0.334. The molecule has 0 amide bonds. The molecule has 0 bridgehead atoms. The number of hydrogen-bond donors (Lipinski definition) is 0. The van der Waals surface area contributed by atoms with Crippen molar-refractivity contribution in [3.05, 3.63) is 84.1 Å². The van der Waals surface area contributed by atoms with Crippen LogP contribution in [0.2, 0.25) is 10.0 Å². The summed E-state index contributed by atoms with van der Waals surface area (Å²) in [5.74, 6) is 0. The Morgan fingerprint density at radius 2 is 1.85 bits per heavy atom. The van der Waals surface area contributed by atoms with Gasteiger partial charge in [-0.1, -0.05) is 57.3 Å². The summed E-state index contributed by atoms with van der Waals surface area (Å²) in [5.41, 5.74) is 2.79. The summed E-state index contributed by atoms with van der Waals surface area (Å²) in [5, 5.41) is 1.62. The second kappa shape index (κ2) is 7.40. The van der Waals surface area contributed by atoms with Gasteiger partial charge >= 0.3 is 0 Å². The van der Waals surface area contributed by atoms with E-state index in [9.17, 15) is 4.79 Å². The highest BCUT2D eigenvalue weighted by Gasteiger charge is 2.17. The number of halogens is 3. The topological polar surface area (TPSA) is 34.9 Å². The summed E-state index contributed by atoms with van der Waals surface area (Å²) in [4.78, 5) is 19.6. The third kappa shape index (κ3) is 3.57. The molecule has 0 unspecified atom stereocenters. The number of fused-ring (bicyclic) bond motifs is 1. The van der Waals surface area contributed by atoms with Crippen molar-refractivity contribution in [1.29, 1.82) is 0 Å². The van der Waals surface area contributed by atoms with E-state index in [0.717, 1.165) is 30.9 Å². The number of hydrogen-bond acceptors (Lipinski definition) is 3. The molecule has 3 nitrogen and oxygen atoms in total. The van der Waals surface area contributed by atoms with Crippen LogP contribution in [0.5, 0.6) is 0 Å². The molecule has 0 radical (unpaired) electrons. The van der Waals surface area contributed by atoms with Crippen molar-refractivity contribution in [1.82, 2.24) is 9.55 Å². The van der Waals surface area contributed by atoms with E-state index in [1.54, 1.807) is 23.0 Å². The van der Waals surface area contributed by atoms with Gasteiger partial charge < -0.3 is 0 Å². The molecule has 0 aliphatic carbocycles. The Balaban J connectivity index is 1.86. The molecule has 0 N–H and O–H groups in total. The van der Waals surface area contributed by atoms with E-state index in [2.05, 4.69) is 20.9 Å². The summed E-state index contributed by atoms with van der Waals surface area (Å²) in [6.07, 6.45) is 1.59. The molecule has 0 saturated carbocycles. The lowest BCUT2D eigenvalue weighted by Gasteiger charge is -2.08. The SMILES string of the molecule is Cc1sc2ncn(Cc3ccc(Cl)c(Cl)c3)c(=O)c2c1-c1ccc(Br)cc1. The average molecular weight is 480 g/mol. The number of benzene rings is 2. The van der Waals surface area contributed by atoms with Crippen molar-refractivity contribution < 1.29 is 0 Å². The summed E-state index contributed by atoms with van der Waals surface area (Å²) >= 11 is 17.1. The van der Waals surface area contributed by atoms with Gasteiger partial charge in [0.05, 0.1) is 28.3 Å². The van der Waals surface area contributed by atoms with Gasteiger partial charge in [0.15, 0.2) is 0 Å². The molecule has 2 aromatic heterocycles. The molecule has 4 rings (SSSR count). The summed E-state index contributed by atoms with van der Waals surface area (Å²) < 4.78 is 2.61. The molecular weight excluding hydrogens is 467 g/mol. The fraction of sp³-hybridized carbons (Fsp3) is 0.100. The Morgan fingerprint density at radius 1 is 1.11 bits per heavy atom. The minimum atomic E-state index is -0.0617. The molecule has 0 atom stereocenters. The van der Waals surface area contributed by atoms with Crippen molar-refractivity contribution in [2.75, 3.05) is 0 Å². The van der Waals surface area contributed by atoms with Crippen molar-refractivity contribution in [3.8, 4) is 11.1 Å². The predicted octanol–water partition coefficient (Wildman–Crippen LogP) is 6.55. The maximum atomic E-state index is 13.2. The highest BCUT2D eigenvalue weighted by molar-refractivity contribution is 9.10. The largest absolute Gasteiger partial charge is 0.294 e. The Kier molecular flexibility index (Phi) is 5.12. The van der Waals surface area contributed by atoms with Crippen LogP contribution in [-0.2, 0) is 6.54 Å². The molecule has 0 fully saturated rings. The number of nitrogens with zero attached hydrogens (tertiary/aromatic N) is 2. The van der Waals surface area contributed by atoms with Gasteiger partial charge in [0.1, 0.15) is 4.83 Å². The van der Waals surface area contributed by atoms with Crippen LogP contribution in [0.25, 0.3) is 21.3 Å². The number of rotatable bonds is 3. The number of aromatic nitrogens is 2. The van der Waals surface area contributed by atoms with E-state index in [0.29, 0.717) is 22.0 Å². The van der Waals surface area contributed by atoms with Crippen LogP contribution in [0.1, 0.15) is 10.4 Å². The van der Waals surface area contributed by atoms with Crippen molar-refractivity contribution in [2.45, 2.75) is 13.5 Å². The maximum absolute atomic E-state index is 13.2. The lowest BCUT2D eigenvalue weighted by molar-refractivity contribution is 0.749. The minimum absolute atomic E-state index is 0.0617. The Hall–Kier alpha value is -1.66.